The molecule has 0 aliphatic rings. The Morgan fingerprint density at radius 3 is 2.58 bits per heavy atom. The van der Waals surface area contributed by atoms with Crippen molar-refractivity contribution in [2.24, 2.45) is 11.7 Å². The molecule has 0 aliphatic carbocycles. The molecule has 0 heterocycles. The van der Waals surface area contributed by atoms with E-state index in [-0.39, 0.29) is 18.9 Å². The van der Waals surface area contributed by atoms with Gasteiger partial charge in [-0.15, -0.1) is 0 Å². The summed E-state index contributed by atoms with van der Waals surface area (Å²) in [6, 6.07) is 11.2. The highest BCUT2D eigenvalue weighted by molar-refractivity contribution is 6.32. The Kier molecular flexibility index (Phi) is 7.29. The minimum atomic E-state index is -0.927. The smallest absolute Gasteiger partial charge is 0.307 e. The molecule has 0 saturated heterocycles. The molecule has 0 fully saturated rings. The average Bonchev–Trinajstić information content (AvgIpc) is 2.59. The van der Waals surface area contributed by atoms with E-state index < -0.39 is 18.1 Å². The van der Waals surface area contributed by atoms with Crippen LogP contribution in [0.15, 0.2) is 42.5 Å². The lowest BCUT2D eigenvalue weighted by atomic mass is 9.93. The number of ether oxygens (including phenoxy) is 1. The molecule has 2 aromatic rings. The fourth-order valence-electron chi connectivity index (χ4n) is 2.50. The van der Waals surface area contributed by atoms with Crippen LogP contribution >= 0.6 is 23.2 Å². The number of carboxylic acids is 1. The first-order chi connectivity index (χ1) is 12.3. The van der Waals surface area contributed by atoms with Gasteiger partial charge < -0.3 is 20.7 Å². The van der Waals surface area contributed by atoms with E-state index in [1.165, 1.54) is 0 Å². The second-order valence-corrected chi connectivity index (χ2v) is 7.04. The topological polar surface area (TPSA) is 92.8 Å². The minimum Gasteiger partial charge on any atom is -0.492 e. The highest BCUT2D eigenvalue weighted by atomic mass is 35.5. The maximum absolute atomic E-state index is 10.7. The van der Waals surface area contributed by atoms with Gasteiger partial charge in [-0.2, -0.15) is 0 Å². The van der Waals surface area contributed by atoms with Gasteiger partial charge in [0.1, 0.15) is 5.75 Å². The number of aliphatic hydroxyl groups is 1. The van der Waals surface area contributed by atoms with E-state index in [1.807, 2.05) is 6.92 Å². The second kappa shape index (κ2) is 9.24. The lowest BCUT2D eigenvalue weighted by molar-refractivity contribution is -0.136. The lowest BCUT2D eigenvalue weighted by Crippen LogP contribution is -2.37. The summed E-state index contributed by atoms with van der Waals surface area (Å²) < 4.78 is 5.69. The summed E-state index contributed by atoms with van der Waals surface area (Å²) in [6.07, 6.45) is -0.978. The van der Waals surface area contributed by atoms with Crippen molar-refractivity contribution in [1.82, 2.24) is 0 Å². The summed E-state index contributed by atoms with van der Waals surface area (Å²) in [7, 11) is 0. The zero-order valence-corrected chi connectivity index (χ0v) is 15.7. The summed E-state index contributed by atoms with van der Waals surface area (Å²) in [5, 5.41) is 20.1. The Morgan fingerprint density at radius 2 is 1.96 bits per heavy atom. The Morgan fingerprint density at radius 1 is 1.23 bits per heavy atom. The maximum Gasteiger partial charge on any atom is 0.307 e. The molecule has 4 N–H and O–H groups in total. The SMILES string of the molecule is CC(COc1ccc(CC(=O)O)cc1Cl)C(N)C(O)c1cccc(Cl)c1. The van der Waals surface area contributed by atoms with Crippen LogP contribution in [0.1, 0.15) is 24.2 Å². The van der Waals surface area contributed by atoms with Gasteiger partial charge in [0.25, 0.3) is 0 Å². The van der Waals surface area contributed by atoms with Crippen molar-refractivity contribution in [2.75, 3.05) is 6.61 Å². The monoisotopic (exact) mass is 397 g/mol. The van der Waals surface area contributed by atoms with Crippen LogP contribution in [-0.2, 0) is 11.2 Å². The molecule has 0 aromatic heterocycles. The van der Waals surface area contributed by atoms with E-state index in [4.69, 9.17) is 38.8 Å². The molecule has 0 amide bonds. The van der Waals surface area contributed by atoms with Crippen LogP contribution in [0.4, 0.5) is 0 Å². The van der Waals surface area contributed by atoms with E-state index in [2.05, 4.69) is 0 Å². The fraction of sp³-hybridized carbons (Fsp3) is 0.316. The van der Waals surface area contributed by atoms with Crippen LogP contribution in [0.25, 0.3) is 0 Å². The van der Waals surface area contributed by atoms with Gasteiger partial charge in [-0.25, -0.2) is 0 Å². The van der Waals surface area contributed by atoms with Crippen molar-refractivity contribution in [2.45, 2.75) is 25.5 Å². The fourth-order valence-corrected chi connectivity index (χ4v) is 2.96. The third kappa shape index (κ3) is 5.61. The van der Waals surface area contributed by atoms with Crippen LogP contribution in [0.3, 0.4) is 0 Å². The third-order valence-electron chi connectivity index (χ3n) is 4.07. The van der Waals surface area contributed by atoms with Crippen molar-refractivity contribution in [3.05, 3.63) is 63.6 Å². The first-order valence-corrected chi connectivity index (χ1v) is 8.85. The van der Waals surface area contributed by atoms with Gasteiger partial charge in [0.15, 0.2) is 0 Å². The highest BCUT2D eigenvalue weighted by Crippen LogP contribution is 2.28. The molecular weight excluding hydrogens is 377 g/mol. The van der Waals surface area contributed by atoms with Crippen LogP contribution in [-0.4, -0.2) is 28.8 Å². The molecule has 2 aromatic carbocycles. The largest absolute Gasteiger partial charge is 0.492 e. The van der Waals surface area contributed by atoms with Crippen LogP contribution < -0.4 is 10.5 Å². The van der Waals surface area contributed by atoms with Crippen molar-refractivity contribution in [3.63, 3.8) is 0 Å². The normalized spacial score (nSPS) is 14.5. The lowest BCUT2D eigenvalue weighted by Gasteiger charge is -2.25. The predicted octanol–water partition coefficient (Wildman–Crippen LogP) is 3.70. The molecule has 5 nitrogen and oxygen atoms in total. The quantitative estimate of drug-likeness (QED) is 0.631. The van der Waals surface area contributed by atoms with Crippen LogP contribution in [0.2, 0.25) is 10.0 Å². The summed E-state index contributed by atoms with van der Waals surface area (Å²) in [5.41, 5.74) is 7.39. The molecule has 0 saturated carbocycles. The van der Waals surface area contributed by atoms with E-state index in [1.54, 1.807) is 42.5 Å². The summed E-state index contributed by atoms with van der Waals surface area (Å²) >= 11 is 12.1. The molecule has 2 rings (SSSR count). The molecule has 0 aliphatic heterocycles. The van der Waals surface area contributed by atoms with Crippen molar-refractivity contribution in [3.8, 4) is 5.75 Å². The van der Waals surface area contributed by atoms with Crippen molar-refractivity contribution in [1.29, 1.82) is 0 Å². The van der Waals surface area contributed by atoms with Gasteiger partial charge in [0.05, 0.1) is 24.2 Å². The number of rotatable bonds is 8. The molecule has 0 spiro atoms. The molecule has 0 bridgehead atoms. The zero-order valence-electron chi connectivity index (χ0n) is 14.2. The van der Waals surface area contributed by atoms with Crippen LogP contribution in [0.5, 0.6) is 5.75 Å². The first-order valence-electron chi connectivity index (χ1n) is 8.10. The second-order valence-electron chi connectivity index (χ2n) is 6.20. The molecule has 7 heteroatoms. The number of nitrogens with two attached hydrogens (primary N) is 1. The average molecular weight is 398 g/mol. The third-order valence-corrected chi connectivity index (χ3v) is 4.60. The number of hydrogen-bond acceptors (Lipinski definition) is 4. The number of carbonyl (C=O) groups is 1. The van der Waals surface area contributed by atoms with E-state index in [0.717, 1.165) is 0 Å². The summed E-state index contributed by atoms with van der Waals surface area (Å²) in [5.74, 6) is -0.653. The van der Waals surface area contributed by atoms with Gasteiger partial charge in [0.2, 0.25) is 0 Å². The number of benzene rings is 2. The van der Waals surface area contributed by atoms with Gasteiger partial charge in [-0.3, -0.25) is 4.79 Å². The van der Waals surface area contributed by atoms with Gasteiger partial charge >= 0.3 is 5.97 Å². The van der Waals surface area contributed by atoms with Crippen LogP contribution in [0, 0.1) is 5.92 Å². The standard InChI is InChI=1S/C19H21Cl2NO4/c1-11(18(22)19(25)13-3-2-4-14(20)9-13)10-26-16-6-5-12(7-15(16)21)8-17(23)24/h2-7,9,11,18-19,25H,8,10,22H2,1H3,(H,23,24). The number of hydrogen-bond donors (Lipinski definition) is 3. The number of halogens is 2. The van der Waals surface area contributed by atoms with Gasteiger partial charge in [-0.05, 0) is 35.4 Å². The number of aliphatic hydroxyl groups excluding tert-OH is 1. The summed E-state index contributed by atoms with van der Waals surface area (Å²) in [4.78, 5) is 10.7. The van der Waals surface area contributed by atoms with E-state index in [0.29, 0.717) is 26.9 Å². The molecule has 0 radical (unpaired) electrons. The Balaban J connectivity index is 1.97. The maximum atomic E-state index is 10.7. The van der Waals surface area contributed by atoms with Gasteiger partial charge in [0, 0.05) is 17.0 Å². The molecule has 140 valence electrons. The van der Waals surface area contributed by atoms with Crippen molar-refractivity contribution >= 4 is 29.2 Å². The van der Waals surface area contributed by atoms with E-state index in [9.17, 15) is 9.90 Å². The van der Waals surface area contributed by atoms with Gasteiger partial charge in [-0.1, -0.05) is 48.3 Å². The zero-order chi connectivity index (χ0) is 19.3. The first kappa shape index (κ1) is 20.5. The Hall–Kier alpha value is -1.79. The predicted molar refractivity (Wildman–Crippen MR) is 102 cm³/mol. The Bertz CT molecular complexity index is 769. The number of aliphatic carboxylic acids is 1. The van der Waals surface area contributed by atoms with E-state index >= 15 is 0 Å². The van der Waals surface area contributed by atoms with Crippen molar-refractivity contribution < 1.29 is 19.7 Å². The highest BCUT2D eigenvalue weighted by Gasteiger charge is 2.24. The Labute approximate surface area is 162 Å². The molecule has 3 unspecified atom stereocenters. The molecule has 3 atom stereocenters. The number of carboxylic acid groups (broad SMARTS) is 1. The minimum absolute atomic E-state index is 0.104. The summed E-state index contributed by atoms with van der Waals surface area (Å²) in [6.45, 7) is 2.11. The molecular formula is C19H21Cl2NO4. The molecule has 26 heavy (non-hydrogen) atoms.